The number of nitrogens with zero attached hydrogens (tertiary/aromatic N) is 1. The van der Waals surface area contributed by atoms with Gasteiger partial charge in [-0.25, -0.2) is 4.39 Å². The van der Waals surface area contributed by atoms with E-state index in [0.29, 0.717) is 31.5 Å². The summed E-state index contributed by atoms with van der Waals surface area (Å²) in [7, 11) is 1.38. The van der Waals surface area contributed by atoms with E-state index in [-0.39, 0.29) is 29.5 Å². The molecule has 1 aromatic rings. The molecule has 0 bridgehead atoms. The second-order valence-corrected chi connectivity index (χ2v) is 5.38. The summed E-state index contributed by atoms with van der Waals surface area (Å²) in [4.78, 5) is 25.9. The van der Waals surface area contributed by atoms with Gasteiger partial charge in [-0.3, -0.25) is 14.5 Å². The number of methoxy groups -OCH3 is 1. The lowest BCUT2D eigenvalue weighted by Crippen LogP contribution is -2.45. The minimum absolute atomic E-state index is 0.0559. The lowest BCUT2D eigenvalue weighted by atomic mass is 9.88. The molecule has 1 aliphatic rings. The number of esters is 1. The zero-order valence-corrected chi connectivity index (χ0v) is 12.3. The van der Waals surface area contributed by atoms with E-state index >= 15 is 0 Å². The van der Waals surface area contributed by atoms with Gasteiger partial charge < -0.3 is 4.74 Å². The molecule has 1 atom stereocenters. The number of carbonyl (C=O) groups is 2. The summed E-state index contributed by atoms with van der Waals surface area (Å²) in [5.74, 6) is -0.594. The average molecular weight is 293 g/mol. The largest absolute Gasteiger partial charge is 0.468 e. The molecule has 114 valence electrons. The summed E-state index contributed by atoms with van der Waals surface area (Å²) in [5, 5.41) is 0. The van der Waals surface area contributed by atoms with E-state index in [2.05, 4.69) is 0 Å². The number of hydrogen-bond acceptors (Lipinski definition) is 4. The Labute approximate surface area is 123 Å². The van der Waals surface area contributed by atoms with E-state index in [1.54, 1.807) is 0 Å². The molecular formula is C16H20FNO3. The molecule has 0 amide bonds. The molecule has 0 radical (unpaired) electrons. The Hall–Kier alpha value is -1.75. The van der Waals surface area contributed by atoms with Crippen LogP contribution in [0.2, 0.25) is 0 Å². The third kappa shape index (κ3) is 3.67. The second kappa shape index (κ2) is 6.80. The maximum atomic E-state index is 12.9. The average Bonchev–Trinajstić information content (AvgIpc) is 2.53. The van der Waals surface area contributed by atoms with Crippen molar-refractivity contribution in [2.75, 3.05) is 20.2 Å². The van der Waals surface area contributed by atoms with Gasteiger partial charge in [-0.15, -0.1) is 0 Å². The first-order valence-electron chi connectivity index (χ1n) is 7.14. The zero-order chi connectivity index (χ0) is 15.4. The fraction of sp³-hybridized carbons (Fsp3) is 0.500. The van der Waals surface area contributed by atoms with E-state index in [9.17, 15) is 14.0 Å². The number of piperidine rings is 1. The molecule has 0 N–H and O–H groups in total. The van der Waals surface area contributed by atoms with E-state index in [1.807, 2.05) is 11.8 Å². The summed E-state index contributed by atoms with van der Waals surface area (Å²) < 4.78 is 17.6. The molecular weight excluding hydrogens is 273 g/mol. The number of ether oxygens (including phenoxy) is 1. The molecule has 0 unspecified atom stereocenters. The van der Waals surface area contributed by atoms with E-state index in [1.165, 1.54) is 31.4 Å². The Bertz CT molecular complexity index is 507. The summed E-state index contributed by atoms with van der Waals surface area (Å²) >= 11 is 0. The van der Waals surface area contributed by atoms with E-state index < -0.39 is 0 Å². The molecule has 4 nitrogen and oxygen atoms in total. The number of carbonyl (C=O) groups excluding carboxylic acids is 2. The number of ketones is 1. The van der Waals surface area contributed by atoms with Crippen molar-refractivity contribution in [1.29, 1.82) is 0 Å². The highest BCUT2D eigenvalue weighted by Crippen LogP contribution is 2.23. The second-order valence-electron chi connectivity index (χ2n) is 5.38. The first kappa shape index (κ1) is 15.6. The number of benzene rings is 1. The van der Waals surface area contributed by atoms with Crippen molar-refractivity contribution in [3.05, 3.63) is 35.6 Å². The fourth-order valence-electron chi connectivity index (χ4n) is 2.72. The number of Topliss-reactive ketones (excluding diaryl/α,β-unsaturated/α-hetero) is 1. The van der Waals surface area contributed by atoms with Gasteiger partial charge in [0.15, 0.2) is 5.78 Å². The highest BCUT2D eigenvalue weighted by molar-refractivity contribution is 5.97. The molecule has 21 heavy (non-hydrogen) atoms. The molecule has 0 saturated carbocycles. The highest BCUT2D eigenvalue weighted by Gasteiger charge is 2.30. The summed E-state index contributed by atoms with van der Waals surface area (Å²) in [5.41, 5.74) is 0.552. The van der Waals surface area contributed by atoms with Crippen molar-refractivity contribution >= 4 is 11.8 Å². The standard InChI is InChI=1S/C16H20FNO3/c1-11(16(20)21-2)18-9-7-13(8-10-18)15(19)12-3-5-14(17)6-4-12/h3-6,11,13H,7-10H2,1-2H3/t11-/m0/s1. The monoisotopic (exact) mass is 293 g/mol. The van der Waals surface area contributed by atoms with E-state index in [4.69, 9.17) is 4.74 Å². The highest BCUT2D eigenvalue weighted by atomic mass is 19.1. The van der Waals surface area contributed by atoms with Crippen molar-refractivity contribution < 1.29 is 18.7 Å². The zero-order valence-electron chi connectivity index (χ0n) is 12.3. The third-order valence-corrected chi connectivity index (χ3v) is 4.12. The van der Waals surface area contributed by atoms with Crippen molar-refractivity contribution in [2.45, 2.75) is 25.8 Å². The SMILES string of the molecule is COC(=O)[C@H](C)N1CCC(C(=O)c2ccc(F)cc2)CC1. The van der Waals surface area contributed by atoms with Gasteiger partial charge >= 0.3 is 5.97 Å². The predicted octanol–water partition coefficient (Wildman–Crippen LogP) is 2.28. The molecule has 5 heteroatoms. The Morgan fingerprint density at radius 2 is 1.81 bits per heavy atom. The van der Waals surface area contributed by atoms with Crippen LogP contribution in [0.1, 0.15) is 30.1 Å². The van der Waals surface area contributed by atoms with Crippen LogP contribution < -0.4 is 0 Å². The Balaban J connectivity index is 1.93. The first-order valence-corrected chi connectivity index (χ1v) is 7.14. The summed E-state index contributed by atoms with van der Waals surface area (Å²) in [6.45, 7) is 3.19. The lowest BCUT2D eigenvalue weighted by molar-refractivity contribution is -0.146. The molecule has 1 heterocycles. The van der Waals surface area contributed by atoms with Crippen LogP contribution in [0.15, 0.2) is 24.3 Å². The lowest BCUT2D eigenvalue weighted by Gasteiger charge is -2.34. The van der Waals surface area contributed by atoms with Crippen molar-refractivity contribution in [3.63, 3.8) is 0 Å². The number of halogens is 1. The molecule has 0 aliphatic carbocycles. The number of likely N-dealkylation sites (tertiary alicyclic amines) is 1. The topological polar surface area (TPSA) is 46.6 Å². The van der Waals surface area contributed by atoms with Crippen LogP contribution in [0.5, 0.6) is 0 Å². The van der Waals surface area contributed by atoms with E-state index in [0.717, 1.165) is 0 Å². The molecule has 2 rings (SSSR count). The van der Waals surface area contributed by atoms with Crippen molar-refractivity contribution in [3.8, 4) is 0 Å². The smallest absolute Gasteiger partial charge is 0.322 e. The molecule has 1 fully saturated rings. The molecule has 1 aromatic carbocycles. The van der Waals surface area contributed by atoms with Crippen LogP contribution in [0.4, 0.5) is 4.39 Å². The van der Waals surface area contributed by atoms with Gasteiger partial charge in [0.2, 0.25) is 0 Å². The van der Waals surface area contributed by atoms with Crippen LogP contribution in [-0.4, -0.2) is 42.9 Å². The van der Waals surface area contributed by atoms with Crippen LogP contribution in [0, 0.1) is 11.7 Å². The summed E-state index contributed by atoms with van der Waals surface area (Å²) in [6.07, 6.45) is 1.41. The number of hydrogen-bond donors (Lipinski definition) is 0. The minimum Gasteiger partial charge on any atom is -0.468 e. The van der Waals surface area contributed by atoms with Gasteiger partial charge in [0.05, 0.1) is 7.11 Å². The third-order valence-electron chi connectivity index (χ3n) is 4.12. The number of rotatable bonds is 4. The maximum absolute atomic E-state index is 12.9. The van der Waals surface area contributed by atoms with Gasteiger partial charge in [-0.2, -0.15) is 0 Å². The van der Waals surface area contributed by atoms with Crippen LogP contribution >= 0.6 is 0 Å². The van der Waals surface area contributed by atoms with Gasteiger partial charge in [0.1, 0.15) is 11.9 Å². The Morgan fingerprint density at radius 1 is 1.24 bits per heavy atom. The Kier molecular flexibility index (Phi) is 5.07. The van der Waals surface area contributed by atoms with Crippen LogP contribution in [0.3, 0.4) is 0 Å². The molecule has 1 saturated heterocycles. The first-order chi connectivity index (χ1) is 10.0. The maximum Gasteiger partial charge on any atom is 0.322 e. The summed E-state index contributed by atoms with van der Waals surface area (Å²) in [6, 6.07) is 5.39. The van der Waals surface area contributed by atoms with Crippen LogP contribution in [0.25, 0.3) is 0 Å². The van der Waals surface area contributed by atoms with Crippen molar-refractivity contribution in [1.82, 2.24) is 4.90 Å². The van der Waals surface area contributed by atoms with Gasteiger partial charge in [0, 0.05) is 11.5 Å². The molecule has 1 aliphatic heterocycles. The minimum atomic E-state index is -0.340. The quantitative estimate of drug-likeness (QED) is 0.631. The fourth-order valence-corrected chi connectivity index (χ4v) is 2.72. The molecule has 0 spiro atoms. The Morgan fingerprint density at radius 3 is 2.33 bits per heavy atom. The van der Waals surface area contributed by atoms with Crippen molar-refractivity contribution in [2.24, 2.45) is 5.92 Å². The van der Waals surface area contributed by atoms with Crippen LogP contribution in [-0.2, 0) is 9.53 Å². The van der Waals surface area contributed by atoms with Gasteiger partial charge in [0.25, 0.3) is 0 Å². The van der Waals surface area contributed by atoms with Gasteiger partial charge in [-0.05, 0) is 57.1 Å². The molecule has 0 aromatic heterocycles. The normalized spacial score (nSPS) is 18.2. The van der Waals surface area contributed by atoms with Gasteiger partial charge in [-0.1, -0.05) is 0 Å². The predicted molar refractivity (Wildman–Crippen MR) is 76.5 cm³/mol.